The van der Waals surface area contributed by atoms with Crippen LogP contribution in [0.3, 0.4) is 0 Å². The molecule has 0 atom stereocenters. The number of hydrogen-bond donors (Lipinski definition) is 2. The molecule has 1 saturated carbocycles. The molecule has 27 heavy (non-hydrogen) atoms. The van der Waals surface area contributed by atoms with Crippen LogP contribution in [-0.2, 0) is 13.0 Å². The van der Waals surface area contributed by atoms with Gasteiger partial charge in [-0.3, -0.25) is 9.59 Å². The number of amides is 2. The summed E-state index contributed by atoms with van der Waals surface area (Å²) < 4.78 is 1.92. The van der Waals surface area contributed by atoms with E-state index in [4.69, 9.17) is 0 Å². The largest absolute Gasteiger partial charge is 0.378 e. The molecule has 0 unspecified atom stereocenters. The minimum absolute atomic E-state index is 0.171. The Balaban J connectivity index is 1.57. The lowest BCUT2D eigenvalue weighted by atomic mass is 10.1. The fourth-order valence-corrected chi connectivity index (χ4v) is 3.41. The first-order valence-electron chi connectivity index (χ1n) is 9.52. The average Bonchev–Trinajstić information content (AvgIpc) is 3.38. The number of imidazole rings is 1. The monoisotopic (exact) mass is 367 g/mol. The molecule has 0 saturated heterocycles. The third-order valence-corrected chi connectivity index (χ3v) is 5.09. The zero-order chi connectivity index (χ0) is 19.0. The van der Waals surface area contributed by atoms with E-state index in [0.717, 1.165) is 50.0 Å². The summed E-state index contributed by atoms with van der Waals surface area (Å²) in [5, 5.41) is 5.90. The second kappa shape index (κ2) is 7.06. The van der Waals surface area contributed by atoms with Crippen LogP contribution in [-0.4, -0.2) is 41.5 Å². The van der Waals surface area contributed by atoms with Crippen molar-refractivity contribution < 1.29 is 9.59 Å². The Kier molecular flexibility index (Phi) is 4.59. The molecule has 0 bridgehead atoms. The molecule has 2 amide bonds. The van der Waals surface area contributed by atoms with Crippen molar-refractivity contribution in [2.75, 3.05) is 24.3 Å². The lowest BCUT2D eigenvalue weighted by Gasteiger charge is -2.17. The maximum absolute atomic E-state index is 12.8. The number of carbonyl (C=O) groups excluding carboxylic acids is 2. The zero-order valence-electron chi connectivity index (χ0n) is 15.8. The van der Waals surface area contributed by atoms with Gasteiger partial charge in [-0.05, 0) is 56.4 Å². The number of nitrogens with zero attached hydrogens (tertiary/aromatic N) is 3. The van der Waals surface area contributed by atoms with Crippen molar-refractivity contribution >= 4 is 23.2 Å². The van der Waals surface area contributed by atoms with Gasteiger partial charge in [-0.2, -0.15) is 0 Å². The van der Waals surface area contributed by atoms with Crippen LogP contribution in [0.2, 0.25) is 0 Å². The quantitative estimate of drug-likeness (QED) is 0.851. The van der Waals surface area contributed by atoms with E-state index in [0.29, 0.717) is 17.2 Å². The molecule has 142 valence electrons. The van der Waals surface area contributed by atoms with Crippen LogP contribution in [0.5, 0.6) is 0 Å². The van der Waals surface area contributed by atoms with Crippen LogP contribution in [0.15, 0.2) is 24.3 Å². The molecule has 1 aliphatic heterocycles. The van der Waals surface area contributed by atoms with E-state index in [1.165, 1.54) is 0 Å². The van der Waals surface area contributed by atoms with E-state index >= 15 is 0 Å². The molecule has 1 aliphatic carbocycles. The SMILES string of the molecule is CN(C)c1ccc(NC(=O)c2nc(C(=O)NC3CC3)n3c2CCCC3)cc1. The van der Waals surface area contributed by atoms with E-state index in [1.54, 1.807) is 0 Å². The van der Waals surface area contributed by atoms with Gasteiger partial charge in [0.2, 0.25) is 0 Å². The van der Waals surface area contributed by atoms with E-state index in [-0.39, 0.29) is 17.9 Å². The summed E-state index contributed by atoms with van der Waals surface area (Å²) in [6, 6.07) is 7.91. The van der Waals surface area contributed by atoms with Crippen molar-refractivity contribution in [2.45, 2.75) is 44.7 Å². The molecular weight excluding hydrogens is 342 g/mol. The van der Waals surface area contributed by atoms with Gasteiger partial charge in [0, 0.05) is 38.1 Å². The van der Waals surface area contributed by atoms with Crippen molar-refractivity contribution in [2.24, 2.45) is 0 Å². The van der Waals surface area contributed by atoms with E-state index in [9.17, 15) is 9.59 Å². The fraction of sp³-hybridized carbons (Fsp3) is 0.450. The van der Waals surface area contributed by atoms with Gasteiger partial charge in [-0.15, -0.1) is 0 Å². The molecular formula is C20H25N5O2. The maximum Gasteiger partial charge on any atom is 0.287 e. The predicted molar refractivity (Wildman–Crippen MR) is 104 cm³/mol. The summed E-state index contributed by atoms with van der Waals surface area (Å²) in [6.07, 6.45) is 4.82. The fourth-order valence-electron chi connectivity index (χ4n) is 3.41. The van der Waals surface area contributed by atoms with E-state index in [2.05, 4.69) is 15.6 Å². The Hall–Kier alpha value is -2.83. The lowest BCUT2D eigenvalue weighted by Crippen LogP contribution is -2.29. The van der Waals surface area contributed by atoms with Gasteiger partial charge in [0.05, 0.1) is 5.69 Å². The summed E-state index contributed by atoms with van der Waals surface area (Å²) in [4.78, 5) is 31.8. The minimum Gasteiger partial charge on any atom is -0.378 e. The summed E-state index contributed by atoms with van der Waals surface area (Å²) in [6.45, 7) is 0.737. The molecule has 7 nitrogen and oxygen atoms in total. The van der Waals surface area contributed by atoms with Gasteiger partial charge in [0.15, 0.2) is 11.5 Å². The molecule has 0 spiro atoms. The number of benzene rings is 1. The third kappa shape index (κ3) is 3.67. The van der Waals surface area contributed by atoms with Crippen LogP contribution < -0.4 is 15.5 Å². The topological polar surface area (TPSA) is 79.3 Å². The van der Waals surface area contributed by atoms with Crippen molar-refractivity contribution in [1.82, 2.24) is 14.9 Å². The molecule has 1 aromatic heterocycles. The zero-order valence-corrected chi connectivity index (χ0v) is 15.8. The van der Waals surface area contributed by atoms with Crippen LogP contribution in [0.25, 0.3) is 0 Å². The van der Waals surface area contributed by atoms with Crippen LogP contribution in [0, 0.1) is 0 Å². The second-order valence-corrected chi connectivity index (χ2v) is 7.48. The number of fused-ring (bicyclic) bond motifs is 1. The highest BCUT2D eigenvalue weighted by Gasteiger charge is 2.30. The first-order chi connectivity index (χ1) is 13.0. The van der Waals surface area contributed by atoms with Gasteiger partial charge >= 0.3 is 0 Å². The molecule has 2 aromatic rings. The molecule has 0 radical (unpaired) electrons. The van der Waals surface area contributed by atoms with Crippen molar-refractivity contribution in [3.05, 3.63) is 41.5 Å². The molecule has 1 fully saturated rings. The highest BCUT2D eigenvalue weighted by Crippen LogP contribution is 2.24. The first-order valence-corrected chi connectivity index (χ1v) is 9.52. The van der Waals surface area contributed by atoms with E-state index < -0.39 is 0 Å². The standard InChI is InChI=1S/C20H25N5O2/c1-24(2)15-10-8-14(9-11-15)21-19(26)17-16-5-3-4-12-25(16)18(23-17)20(27)22-13-6-7-13/h8-11,13H,3-7,12H2,1-2H3,(H,21,26)(H,22,27). The Morgan fingerprint density at radius 1 is 1.11 bits per heavy atom. The van der Waals surface area contributed by atoms with Crippen molar-refractivity contribution in [3.63, 3.8) is 0 Å². The molecule has 1 aromatic carbocycles. The number of aromatic nitrogens is 2. The van der Waals surface area contributed by atoms with Crippen LogP contribution in [0.4, 0.5) is 11.4 Å². The van der Waals surface area contributed by atoms with Gasteiger partial charge in [-0.1, -0.05) is 0 Å². The minimum atomic E-state index is -0.260. The number of nitrogens with one attached hydrogen (secondary N) is 2. The van der Waals surface area contributed by atoms with Crippen molar-refractivity contribution in [1.29, 1.82) is 0 Å². The number of carbonyl (C=O) groups is 2. The number of anilines is 2. The maximum atomic E-state index is 12.8. The first kappa shape index (κ1) is 17.6. The highest BCUT2D eigenvalue weighted by atomic mass is 16.2. The summed E-state index contributed by atoms with van der Waals surface area (Å²) in [5.41, 5.74) is 3.01. The molecule has 7 heteroatoms. The Labute approximate surface area is 158 Å². The predicted octanol–water partition coefficient (Wildman–Crippen LogP) is 2.43. The summed E-state index contributed by atoms with van der Waals surface area (Å²) >= 11 is 0. The lowest BCUT2D eigenvalue weighted by molar-refractivity contribution is 0.0935. The highest BCUT2D eigenvalue weighted by molar-refractivity contribution is 6.05. The molecule has 2 aliphatic rings. The third-order valence-electron chi connectivity index (χ3n) is 5.09. The van der Waals surface area contributed by atoms with Gasteiger partial charge < -0.3 is 20.1 Å². The number of rotatable bonds is 5. The number of hydrogen-bond acceptors (Lipinski definition) is 4. The normalized spacial score (nSPS) is 15.8. The molecule has 4 rings (SSSR count). The van der Waals surface area contributed by atoms with Crippen molar-refractivity contribution in [3.8, 4) is 0 Å². The Morgan fingerprint density at radius 2 is 1.85 bits per heavy atom. The van der Waals surface area contributed by atoms with Crippen LogP contribution in [0.1, 0.15) is 52.5 Å². The van der Waals surface area contributed by atoms with Gasteiger partial charge in [0.1, 0.15) is 0 Å². The second-order valence-electron chi connectivity index (χ2n) is 7.48. The van der Waals surface area contributed by atoms with Crippen LogP contribution >= 0.6 is 0 Å². The van der Waals surface area contributed by atoms with Gasteiger partial charge in [-0.25, -0.2) is 4.98 Å². The van der Waals surface area contributed by atoms with Gasteiger partial charge in [0.25, 0.3) is 11.8 Å². The molecule has 2 N–H and O–H groups in total. The summed E-state index contributed by atoms with van der Waals surface area (Å²) in [7, 11) is 3.94. The van der Waals surface area contributed by atoms with E-state index in [1.807, 2.05) is 47.8 Å². The summed E-state index contributed by atoms with van der Waals surface area (Å²) in [5.74, 6) is -0.0662. The Bertz CT molecular complexity index is 865. The smallest absolute Gasteiger partial charge is 0.287 e. The Morgan fingerprint density at radius 3 is 2.52 bits per heavy atom. The molecule has 2 heterocycles. The average molecular weight is 367 g/mol.